The number of fused-ring (bicyclic) bond motifs is 1. The Hall–Kier alpha value is -3.52. The molecule has 3 aromatic rings. The Morgan fingerprint density at radius 2 is 1.93 bits per heavy atom. The van der Waals surface area contributed by atoms with Crippen molar-refractivity contribution in [3.05, 3.63) is 60.2 Å². The lowest BCUT2D eigenvalue weighted by Crippen LogP contribution is -2.46. The van der Waals surface area contributed by atoms with Crippen molar-refractivity contribution in [2.45, 2.75) is 65.2 Å². The third-order valence-electron chi connectivity index (χ3n) is 8.88. The fourth-order valence-electron chi connectivity index (χ4n) is 6.25. The molecular weight excluding hydrogens is 517 g/mol. The molecule has 0 radical (unpaired) electrons. The third kappa shape index (κ3) is 7.22. The second-order valence-electron chi connectivity index (χ2n) is 11.9. The van der Waals surface area contributed by atoms with Crippen LogP contribution in [0.5, 0.6) is 5.75 Å². The predicted molar refractivity (Wildman–Crippen MR) is 163 cm³/mol. The van der Waals surface area contributed by atoms with Gasteiger partial charge in [0.1, 0.15) is 23.7 Å². The summed E-state index contributed by atoms with van der Waals surface area (Å²) in [5, 5.41) is 10.1. The number of allylic oxidation sites excluding steroid dienone is 2. The average molecular weight is 560 g/mol. The largest absolute Gasteiger partial charge is 0.491 e. The number of anilines is 3. The summed E-state index contributed by atoms with van der Waals surface area (Å²) in [4.78, 5) is 20.0. The highest BCUT2D eigenvalue weighted by atomic mass is 19.1. The minimum absolute atomic E-state index is 0.259. The van der Waals surface area contributed by atoms with E-state index in [1.807, 2.05) is 12.1 Å². The van der Waals surface area contributed by atoms with E-state index in [4.69, 9.17) is 4.74 Å². The molecule has 3 aliphatic rings. The van der Waals surface area contributed by atoms with E-state index in [2.05, 4.69) is 45.0 Å². The summed E-state index contributed by atoms with van der Waals surface area (Å²) in [6.45, 7) is 6.65. The molecule has 3 fully saturated rings. The first-order valence-electron chi connectivity index (χ1n) is 15.0. The Morgan fingerprint density at radius 3 is 2.61 bits per heavy atom. The number of rotatable bonds is 9. The number of amides is 1. The first-order chi connectivity index (χ1) is 20.0. The van der Waals surface area contributed by atoms with Crippen LogP contribution in [0.3, 0.4) is 0 Å². The zero-order valence-electron chi connectivity index (χ0n) is 24.2. The SMILES string of the molecule is C/C=C/CC1CCC1.Cc1cc(Nc2ncnc3cc(OCC4CC5(CCNCC5)C4)c(NC=O)cc23)ccc1F. The Kier molecular flexibility index (Phi) is 9.49. The van der Waals surface area contributed by atoms with Gasteiger partial charge in [-0.1, -0.05) is 31.4 Å². The number of hydrogen-bond donors (Lipinski definition) is 3. The van der Waals surface area contributed by atoms with Crippen molar-refractivity contribution in [1.82, 2.24) is 15.3 Å². The van der Waals surface area contributed by atoms with Crippen molar-refractivity contribution >= 4 is 34.5 Å². The van der Waals surface area contributed by atoms with E-state index in [9.17, 15) is 9.18 Å². The second-order valence-corrected chi connectivity index (χ2v) is 11.9. The molecule has 1 aliphatic heterocycles. The summed E-state index contributed by atoms with van der Waals surface area (Å²) in [6.07, 6.45) is 17.2. The van der Waals surface area contributed by atoms with Gasteiger partial charge in [-0.3, -0.25) is 4.79 Å². The Balaban J connectivity index is 0.000000365. The summed E-state index contributed by atoms with van der Waals surface area (Å²) in [6, 6.07) is 8.45. The van der Waals surface area contributed by atoms with Crippen LogP contribution in [0.25, 0.3) is 10.9 Å². The monoisotopic (exact) mass is 559 g/mol. The fourth-order valence-corrected chi connectivity index (χ4v) is 6.25. The number of carbonyl (C=O) groups excluding carboxylic acids is 1. The van der Waals surface area contributed by atoms with E-state index >= 15 is 0 Å². The molecule has 2 aromatic carbocycles. The van der Waals surface area contributed by atoms with Gasteiger partial charge in [-0.05, 0) is 106 Å². The molecule has 0 bridgehead atoms. The standard InChI is InChI=1S/C25H28FN5O2.C8H14/c1-16-8-18(2-3-20(16)26)31-24-19-9-22(30-15-32)23(10-21(19)28-14-29-24)33-13-17-11-25(12-17)4-6-27-7-5-25;1-2-3-5-8-6-4-7-8/h2-3,8-10,14-15,17,27H,4-7,11-13H2,1H3,(H,30,32)(H,28,29,31);2-3,8H,4-7H2,1H3/b;3-2+. The highest BCUT2D eigenvalue weighted by Gasteiger charge is 2.44. The van der Waals surface area contributed by atoms with Crippen LogP contribution in [0, 0.1) is 30.0 Å². The number of nitrogens with one attached hydrogen (secondary N) is 3. The summed E-state index contributed by atoms with van der Waals surface area (Å²) in [7, 11) is 0. The third-order valence-corrected chi connectivity index (χ3v) is 8.88. The van der Waals surface area contributed by atoms with E-state index in [0.29, 0.717) is 52.7 Å². The van der Waals surface area contributed by atoms with Crippen LogP contribution in [0.4, 0.5) is 21.6 Å². The highest BCUT2D eigenvalue weighted by molar-refractivity contribution is 5.96. The molecule has 2 saturated carbocycles. The maximum Gasteiger partial charge on any atom is 0.211 e. The van der Waals surface area contributed by atoms with Crippen LogP contribution < -0.4 is 20.7 Å². The number of nitrogens with zero attached hydrogens (tertiary/aromatic N) is 2. The summed E-state index contributed by atoms with van der Waals surface area (Å²) >= 11 is 0. The number of aromatic nitrogens is 2. The van der Waals surface area contributed by atoms with E-state index < -0.39 is 0 Å². The van der Waals surface area contributed by atoms with Crippen molar-refractivity contribution in [3.63, 3.8) is 0 Å². The van der Waals surface area contributed by atoms with E-state index in [-0.39, 0.29) is 5.82 Å². The second kappa shape index (κ2) is 13.4. The molecule has 1 aromatic heterocycles. The molecule has 0 atom stereocenters. The van der Waals surface area contributed by atoms with Crippen LogP contribution in [0.1, 0.15) is 63.9 Å². The van der Waals surface area contributed by atoms with Gasteiger partial charge in [0.25, 0.3) is 0 Å². The first kappa shape index (κ1) is 29.0. The molecule has 41 heavy (non-hydrogen) atoms. The summed E-state index contributed by atoms with van der Waals surface area (Å²) in [5.41, 5.74) is 3.03. The average Bonchev–Trinajstić information content (AvgIpc) is 2.93. The number of carbonyl (C=O) groups is 1. The number of piperidine rings is 1. The van der Waals surface area contributed by atoms with Crippen LogP contribution in [0.2, 0.25) is 0 Å². The van der Waals surface area contributed by atoms with Crippen LogP contribution in [-0.2, 0) is 4.79 Å². The molecule has 3 N–H and O–H groups in total. The molecule has 2 heterocycles. The van der Waals surface area contributed by atoms with Crippen LogP contribution in [0.15, 0.2) is 48.8 Å². The van der Waals surface area contributed by atoms with Crippen molar-refractivity contribution in [2.24, 2.45) is 17.3 Å². The van der Waals surface area contributed by atoms with Crippen molar-refractivity contribution in [3.8, 4) is 5.75 Å². The van der Waals surface area contributed by atoms with Gasteiger partial charge in [0.05, 0.1) is 17.8 Å². The molecule has 1 saturated heterocycles. The van der Waals surface area contributed by atoms with Crippen LogP contribution >= 0.6 is 0 Å². The number of benzene rings is 2. The fraction of sp³-hybridized carbons (Fsp3) is 0.485. The molecule has 1 spiro atoms. The Bertz CT molecular complexity index is 1360. The minimum atomic E-state index is -0.259. The van der Waals surface area contributed by atoms with Crippen LogP contribution in [-0.4, -0.2) is 36.1 Å². The molecule has 2 aliphatic carbocycles. The number of halogens is 1. The van der Waals surface area contributed by atoms with E-state index in [0.717, 1.165) is 30.1 Å². The van der Waals surface area contributed by atoms with Gasteiger partial charge in [0, 0.05) is 17.1 Å². The minimum Gasteiger partial charge on any atom is -0.491 e. The normalized spacial score (nSPS) is 18.3. The smallest absolute Gasteiger partial charge is 0.211 e. The maximum atomic E-state index is 13.6. The Morgan fingerprint density at radius 1 is 1.12 bits per heavy atom. The first-order valence-corrected chi connectivity index (χ1v) is 15.0. The van der Waals surface area contributed by atoms with Crippen molar-refractivity contribution < 1.29 is 13.9 Å². The van der Waals surface area contributed by atoms with E-state index in [1.54, 1.807) is 19.1 Å². The number of aryl methyl sites for hydroxylation is 1. The number of hydrogen-bond acceptors (Lipinski definition) is 6. The van der Waals surface area contributed by atoms with Gasteiger partial charge in [-0.2, -0.15) is 0 Å². The zero-order valence-corrected chi connectivity index (χ0v) is 24.2. The summed E-state index contributed by atoms with van der Waals surface area (Å²) in [5.74, 6) is 2.49. The van der Waals surface area contributed by atoms with E-state index in [1.165, 1.54) is 63.8 Å². The van der Waals surface area contributed by atoms with Gasteiger partial charge < -0.3 is 20.7 Å². The lowest BCUT2D eigenvalue weighted by molar-refractivity contribution is -0.105. The highest BCUT2D eigenvalue weighted by Crippen LogP contribution is 2.51. The van der Waals surface area contributed by atoms with Gasteiger partial charge in [0.15, 0.2) is 0 Å². The molecule has 1 amide bonds. The molecule has 218 valence electrons. The number of ether oxygens (including phenoxy) is 1. The topological polar surface area (TPSA) is 88.2 Å². The lowest BCUT2D eigenvalue weighted by Gasteiger charge is -2.50. The Labute approximate surface area is 242 Å². The van der Waals surface area contributed by atoms with Crippen molar-refractivity contribution in [2.75, 3.05) is 30.3 Å². The zero-order chi connectivity index (χ0) is 28.7. The quantitative estimate of drug-likeness (QED) is 0.188. The van der Waals surface area contributed by atoms with Crippen molar-refractivity contribution in [1.29, 1.82) is 0 Å². The molecule has 7 nitrogen and oxygen atoms in total. The molecule has 8 heteroatoms. The maximum absolute atomic E-state index is 13.6. The molecular formula is C33H42FN5O2. The summed E-state index contributed by atoms with van der Waals surface area (Å²) < 4.78 is 19.8. The van der Waals surface area contributed by atoms with Gasteiger partial charge in [-0.25, -0.2) is 14.4 Å². The predicted octanol–water partition coefficient (Wildman–Crippen LogP) is 7.30. The lowest BCUT2D eigenvalue weighted by atomic mass is 9.58. The van der Waals surface area contributed by atoms with Gasteiger partial charge in [0.2, 0.25) is 6.41 Å². The molecule has 6 rings (SSSR count). The van der Waals surface area contributed by atoms with Gasteiger partial charge >= 0.3 is 0 Å². The molecule has 0 unspecified atom stereocenters. The van der Waals surface area contributed by atoms with Gasteiger partial charge in [-0.15, -0.1) is 0 Å².